The maximum atomic E-state index is 12.7. The van der Waals surface area contributed by atoms with Crippen LogP contribution in [0.4, 0.5) is 21.0 Å². The van der Waals surface area contributed by atoms with Crippen molar-refractivity contribution in [1.29, 1.82) is 0 Å². The van der Waals surface area contributed by atoms with E-state index in [9.17, 15) is 19.7 Å². The first-order valence-corrected chi connectivity index (χ1v) is 16.8. The summed E-state index contributed by atoms with van der Waals surface area (Å²) in [5.41, 5.74) is 11.3. The van der Waals surface area contributed by atoms with Crippen molar-refractivity contribution in [2.75, 3.05) is 19.8 Å². The molecule has 0 unspecified atom stereocenters. The summed E-state index contributed by atoms with van der Waals surface area (Å²) in [6.07, 6.45) is 18.0. The summed E-state index contributed by atoms with van der Waals surface area (Å²) >= 11 is 0. The summed E-state index contributed by atoms with van der Waals surface area (Å²) in [4.78, 5) is 48.2. The molecule has 2 amide bonds. The first-order valence-electron chi connectivity index (χ1n) is 16.8. The minimum atomic E-state index is -0.405. The van der Waals surface area contributed by atoms with E-state index in [4.69, 9.17) is 5.73 Å². The van der Waals surface area contributed by atoms with E-state index in [2.05, 4.69) is 9.97 Å². The normalized spacial score (nSPS) is 15.0. The number of hydrogen-bond donors (Lipinski definition) is 1. The summed E-state index contributed by atoms with van der Waals surface area (Å²) in [7, 11) is 3.72. The quantitative estimate of drug-likeness (QED) is 0.0951. The maximum absolute atomic E-state index is 12.7. The molecule has 0 saturated heterocycles. The average molecular weight is 761 g/mol. The van der Waals surface area contributed by atoms with Crippen LogP contribution >= 0.6 is 0 Å². The molecule has 264 valence electrons. The molecule has 2 N–H and O–H groups in total. The fraction of sp³-hybridized carbons (Fsp3) is 0.444. The zero-order chi connectivity index (χ0) is 34.4. The predicted octanol–water partition coefficient (Wildman–Crippen LogP) is 7.67. The number of hydrogen-bond acceptors (Lipinski definition) is 7. The molecule has 2 aromatic carbocycles. The van der Waals surface area contributed by atoms with Crippen LogP contribution in [0.1, 0.15) is 75.3 Å². The zero-order valence-electron chi connectivity index (χ0n) is 28.7. The van der Waals surface area contributed by atoms with Crippen molar-refractivity contribution in [3.8, 4) is 22.5 Å². The standard InChI is InChI=1S/C18H22N4O3.C18H24N4O.Pd/c1-13-8-9-14(10-17(13)22(24)25)16-11-21(12-19-16)18(23)20(2)15-6-4-3-5-7-15;1-13-8-9-14(10-16(13)19)17-11-22(12-20-17)18(23)21(2)15-6-4-3-5-7-15;/h8-12,15H,3-7H2,1-2H3;8-12,15H,3-7,19H2,1-2H3;. The van der Waals surface area contributed by atoms with E-state index in [1.54, 1.807) is 47.2 Å². The molecule has 2 fully saturated rings. The van der Waals surface area contributed by atoms with Gasteiger partial charge in [-0.05, 0) is 51.2 Å². The van der Waals surface area contributed by atoms with Gasteiger partial charge >= 0.3 is 12.1 Å². The van der Waals surface area contributed by atoms with E-state index in [1.165, 1.54) is 42.6 Å². The second-order valence-corrected chi connectivity index (χ2v) is 13.0. The maximum Gasteiger partial charge on any atom is 0.329 e. The first-order chi connectivity index (χ1) is 23.0. The van der Waals surface area contributed by atoms with Gasteiger partial charge in [0.2, 0.25) is 0 Å². The SMILES string of the molecule is Cc1ccc(-c2cn(C(=O)N(C)C3CCCCC3)cn2)cc1N.Cc1ccc(-c2cn(C(=O)N(C)C3CCCCC3)cn2)cc1[N+](=O)[O-].[Pd]. The molecule has 2 aliphatic carbocycles. The Bertz CT molecular complexity index is 1760. The Balaban J connectivity index is 0.000000217. The van der Waals surface area contributed by atoms with Crippen LogP contribution in [0.3, 0.4) is 0 Å². The van der Waals surface area contributed by atoms with E-state index >= 15 is 0 Å². The smallest absolute Gasteiger partial charge is 0.329 e. The number of nitrogens with zero attached hydrogens (tertiary/aromatic N) is 7. The van der Waals surface area contributed by atoms with Crippen LogP contribution in [0.5, 0.6) is 0 Å². The average Bonchev–Trinajstić information content (AvgIpc) is 3.81. The third kappa shape index (κ3) is 9.02. The molecule has 2 heterocycles. The molecule has 0 spiro atoms. The second kappa shape index (κ2) is 16.9. The van der Waals surface area contributed by atoms with E-state index in [1.807, 2.05) is 44.1 Å². The van der Waals surface area contributed by atoms with Crippen LogP contribution in [0, 0.1) is 24.0 Å². The molecule has 4 aromatic rings. The Hall–Kier alpha value is -4.34. The van der Waals surface area contributed by atoms with Gasteiger partial charge in [0.25, 0.3) is 5.69 Å². The van der Waals surface area contributed by atoms with Gasteiger partial charge in [-0.1, -0.05) is 62.8 Å². The van der Waals surface area contributed by atoms with E-state index < -0.39 is 4.92 Å². The van der Waals surface area contributed by atoms with E-state index in [0.717, 1.165) is 61.0 Å². The number of imidazole rings is 2. The molecule has 2 aliphatic rings. The van der Waals surface area contributed by atoms with Crippen molar-refractivity contribution in [1.82, 2.24) is 28.9 Å². The van der Waals surface area contributed by atoms with Crippen molar-refractivity contribution in [2.45, 2.75) is 90.1 Å². The van der Waals surface area contributed by atoms with Crippen molar-refractivity contribution >= 4 is 23.4 Å². The van der Waals surface area contributed by atoms with Crippen LogP contribution in [0.2, 0.25) is 0 Å². The number of aryl methyl sites for hydroxylation is 2. The van der Waals surface area contributed by atoms with Gasteiger partial charge in [-0.3, -0.25) is 19.2 Å². The molecular weight excluding hydrogens is 715 g/mol. The van der Waals surface area contributed by atoms with Crippen LogP contribution in [-0.4, -0.2) is 72.1 Å². The molecule has 0 bridgehead atoms. The van der Waals surface area contributed by atoms with Crippen molar-refractivity contribution in [3.63, 3.8) is 0 Å². The monoisotopic (exact) mass is 760 g/mol. The molecule has 0 aliphatic heterocycles. The number of rotatable bonds is 5. The van der Waals surface area contributed by atoms with Gasteiger partial charge in [-0.2, -0.15) is 0 Å². The number of nitro benzene ring substituents is 1. The molecule has 2 aromatic heterocycles. The van der Waals surface area contributed by atoms with Crippen LogP contribution in [0.15, 0.2) is 61.4 Å². The Kier molecular flexibility index (Phi) is 12.9. The number of amides is 2. The summed E-state index contributed by atoms with van der Waals surface area (Å²) in [5, 5.41) is 11.1. The zero-order valence-corrected chi connectivity index (χ0v) is 30.2. The fourth-order valence-corrected chi connectivity index (χ4v) is 6.53. The van der Waals surface area contributed by atoms with Gasteiger partial charge in [-0.25, -0.2) is 19.6 Å². The topological polar surface area (TPSA) is 145 Å². The molecule has 0 radical (unpaired) electrons. The van der Waals surface area contributed by atoms with Crippen LogP contribution in [-0.2, 0) is 20.4 Å². The summed E-state index contributed by atoms with van der Waals surface area (Å²) in [5.74, 6) is 0. The number of carbonyl (C=O) groups is 2. The van der Waals surface area contributed by atoms with Crippen LogP contribution < -0.4 is 5.73 Å². The number of nitrogens with two attached hydrogens (primary N) is 1. The van der Waals surface area contributed by atoms with Gasteiger partial charge < -0.3 is 15.5 Å². The Morgan fingerprint density at radius 2 is 1.18 bits per heavy atom. The number of anilines is 1. The number of nitrogen functional groups attached to an aromatic ring is 1. The fourth-order valence-electron chi connectivity index (χ4n) is 6.53. The number of nitro groups is 1. The summed E-state index contributed by atoms with van der Waals surface area (Å²) in [6, 6.07) is 11.3. The van der Waals surface area contributed by atoms with Crippen LogP contribution in [0.25, 0.3) is 22.5 Å². The van der Waals surface area contributed by atoms with Gasteiger partial charge in [0.1, 0.15) is 12.7 Å². The molecule has 13 heteroatoms. The van der Waals surface area contributed by atoms with Gasteiger partial charge in [-0.15, -0.1) is 0 Å². The number of carbonyl (C=O) groups excluding carboxylic acids is 2. The minimum Gasteiger partial charge on any atom is -0.398 e. The second-order valence-electron chi connectivity index (χ2n) is 13.0. The van der Waals surface area contributed by atoms with Crippen molar-refractivity contribution in [2.24, 2.45) is 0 Å². The van der Waals surface area contributed by atoms with Crippen molar-refractivity contribution in [3.05, 3.63) is 82.7 Å². The number of benzene rings is 2. The Labute approximate surface area is 301 Å². The largest absolute Gasteiger partial charge is 0.398 e. The summed E-state index contributed by atoms with van der Waals surface area (Å²) < 4.78 is 3.02. The molecule has 12 nitrogen and oxygen atoms in total. The molecular formula is C36H46N8O4Pd. The number of aromatic nitrogens is 4. The van der Waals surface area contributed by atoms with Crippen molar-refractivity contribution < 1.29 is 34.9 Å². The summed E-state index contributed by atoms with van der Waals surface area (Å²) in [6.45, 7) is 3.67. The van der Waals surface area contributed by atoms with Gasteiger partial charge in [0, 0.05) is 87.4 Å². The third-order valence-corrected chi connectivity index (χ3v) is 9.73. The Morgan fingerprint density at radius 1 is 0.755 bits per heavy atom. The molecule has 49 heavy (non-hydrogen) atoms. The van der Waals surface area contributed by atoms with Gasteiger partial charge in [0.05, 0.1) is 16.3 Å². The van der Waals surface area contributed by atoms with Gasteiger partial charge in [0.15, 0.2) is 0 Å². The Morgan fingerprint density at radius 3 is 1.61 bits per heavy atom. The molecule has 6 rings (SSSR count). The predicted molar refractivity (Wildman–Crippen MR) is 187 cm³/mol. The molecule has 2 saturated carbocycles. The minimum absolute atomic E-state index is 0. The molecule has 0 atom stereocenters. The van der Waals surface area contributed by atoms with E-state index in [0.29, 0.717) is 22.9 Å². The third-order valence-electron chi connectivity index (χ3n) is 9.73. The first kappa shape index (κ1) is 37.5. The van der Waals surface area contributed by atoms with E-state index in [-0.39, 0.29) is 44.2 Å².